The number of imidazole rings is 1. The monoisotopic (exact) mass is 477 g/mol. The standard InChI is InChI=1S/C25H28ClN7O/c1-32-8-10-33(11-9-32)17-6-4-14(5-7-17)24-30-22-21(18(26)13-28-25(22)31-24)29-20-16-3-2-15(12-16)19(20)23(27)34/h2-7,13,15-16,19-20H,8-12H2,1H3,(H2,27,34)(H2,28,29,30,31)/t15-,16-,19+,20-/m0/s1. The molecule has 1 aliphatic heterocycles. The van der Waals surface area contributed by atoms with Gasteiger partial charge in [-0.2, -0.15) is 0 Å². The molecule has 4 N–H and O–H groups in total. The smallest absolute Gasteiger partial charge is 0.223 e. The van der Waals surface area contributed by atoms with E-state index in [1.807, 2.05) is 0 Å². The Labute approximate surface area is 203 Å². The molecule has 1 aromatic carbocycles. The Morgan fingerprint density at radius 1 is 1.15 bits per heavy atom. The number of nitrogens with two attached hydrogens (primary N) is 1. The van der Waals surface area contributed by atoms with Crippen LogP contribution in [0.15, 0.2) is 42.6 Å². The minimum absolute atomic E-state index is 0.0924. The molecular weight excluding hydrogens is 450 g/mol. The number of hydrogen-bond acceptors (Lipinski definition) is 6. The van der Waals surface area contributed by atoms with E-state index in [1.54, 1.807) is 6.20 Å². The summed E-state index contributed by atoms with van der Waals surface area (Å²) in [5, 5.41) is 4.02. The Balaban J connectivity index is 1.29. The van der Waals surface area contributed by atoms with E-state index in [0.29, 0.717) is 10.7 Å². The Morgan fingerprint density at radius 3 is 2.62 bits per heavy atom. The number of carbonyl (C=O) groups is 1. The first kappa shape index (κ1) is 21.4. The van der Waals surface area contributed by atoms with E-state index in [4.69, 9.17) is 22.3 Å². The Kier molecular flexibility index (Phi) is 5.22. The van der Waals surface area contributed by atoms with Crippen molar-refractivity contribution < 1.29 is 4.79 Å². The summed E-state index contributed by atoms with van der Waals surface area (Å²) in [5.41, 5.74) is 9.99. The fraction of sp³-hybridized carbons (Fsp3) is 0.400. The van der Waals surface area contributed by atoms with Crippen LogP contribution in [0.4, 0.5) is 11.4 Å². The molecule has 34 heavy (non-hydrogen) atoms. The third-order valence-electron chi connectivity index (χ3n) is 7.58. The van der Waals surface area contributed by atoms with Crippen LogP contribution in [-0.4, -0.2) is 65.0 Å². The number of pyridine rings is 1. The number of aromatic nitrogens is 3. The molecule has 3 aromatic rings. The van der Waals surface area contributed by atoms with Crippen molar-refractivity contribution in [3.05, 3.63) is 47.6 Å². The van der Waals surface area contributed by atoms with Gasteiger partial charge in [-0.3, -0.25) is 4.79 Å². The lowest BCUT2D eigenvalue weighted by atomic mass is 9.88. The normalized spacial score (nSPS) is 26.5. The Bertz CT molecular complexity index is 1260. The third kappa shape index (κ3) is 3.61. The van der Waals surface area contributed by atoms with E-state index in [2.05, 4.69) is 68.5 Å². The van der Waals surface area contributed by atoms with Gasteiger partial charge < -0.3 is 25.8 Å². The molecule has 1 saturated carbocycles. The Morgan fingerprint density at radius 2 is 1.88 bits per heavy atom. The van der Waals surface area contributed by atoms with Crippen LogP contribution in [0, 0.1) is 17.8 Å². The SMILES string of the molecule is CN1CCN(c2ccc(-c3nc4ncc(Cl)c(N[C@@H]5[C@H](C(N)=O)[C@H]6C=C[C@H]5C6)c4[nH]3)cc2)CC1. The average Bonchev–Trinajstić information content (AvgIpc) is 3.56. The summed E-state index contributed by atoms with van der Waals surface area (Å²) in [6, 6.07) is 8.37. The van der Waals surface area contributed by atoms with Crippen molar-refractivity contribution in [2.75, 3.05) is 43.4 Å². The number of nitrogens with zero attached hydrogens (tertiary/aromatic N) is 4. The maximum absolute atomic E-state index is 12.2. The van der Waals surface area contributed by atoms with E-state index >= 15 is 0 Å². The van der Waals surface area contributed by atoms with Crippen LogP contribution in [-0.2, 0) is 4.79 Å². The van der Waals surface area contributed by atoms with Crippen molar-refractivity contribution in [1.82, 2.24) is 19.9 Å². The molecule has 2 aromatic heterocycles. The van der Waals surface area contributed by atoms with E-state index < -0.39 is 0 Å². The largest absolute Gasteiger partial charge is 0.378 e. The van der Waals surface area contributed by atoms with Crippen molar-refractivity contribution >= 4 is 40.0 Å². The van der Waals surface area contributed by atoms with Gasteiger partial charge >= 0.3 is 0 Å². The summed E-state index contributed by atoms with van der Waals surface area (Å²) in [5.74, 6) is 0.649. The average molecular weight is 478 g/mol. The summed E-state index contributed by atoms with van der Waals surface area (Å²) in [7, 11) is 2.16. The lowest BCUT2D eigenvalue weighted by Crippen LogP contribution is -2.44. The van der Waals surface area contributed by atoms with Gasteiger partial charge in [-0.05, 0) is 49.6 Å². The Hall–Kier alpha value is -3.10. The van der Waals surface area contributed by atoms with Gasteiger partial charge in [0.15, 0.2) is 5.65 Å². The predicted molar refractivity (Wildman–Crippen MR) is 135 cm³/mol. The van der Waals surface area contributed by atoms with E-state index in [0.717, 1.165) is 55.2 Å². The van der Waals surface area contributed by atoms with E-state index in [9.17, 15) is 4.79 Å². The quantitative estimate of drug-likeness (QED) is 0.488. The zero-order chi connectivity index (χ0) is 23.4. The van der Waals surface area contributed by atoms with Gasteiger partial charge in [-0.1, -0.05) is 23.8 Å². The molecule has 8 nitrogen and oxygen atoms in total. The molecule has 3 heterocycles. The topological polar surface area (TPSA) is 103 Å². The molecule has 0 spiro atoms. The molecule has 2 bridgehead atoms. The first-order valence-corrected chi connectivity index (χ1v) is 12.2. The number of hydrogen-bond donors (Lipinski definition) is 3. The highest BCUT2D eigenvalue weighted by molar-refractivity contribution is 6.34. The molecule has 0 radical (unpaired) electrons. The van der Waals surface area contributed by atoms with Gasteiger partial charge in [0.05, 0.1) is 22.8 Å². The maximum atomic E-state index is 12.2. The molecule has 0 unspecified atom stereocenters. The highest BCUT2D eigenvalue weighted by Gasteiger charge is 2.47. The number of halogens is 1. The molecule has 1 saturated heterocycles. The fourth-order valence-corrected chi connectivity index (χ4v) is 5.88. The number of allylic oxidation sites excluding steroid dienone is 1. The second kappa shape index (κ2) is 8.29. The molecule has 3 aliphatic rings. The van der Waals surface area contributed by atoms with Gasteiger partial charge in [0, 0.05) is 43.5 Å². The van der Waals surface area contributed by atoms with Crippen LogP contribution < -0.4 is 16.0 Å². The summed E-state index contributed by atoms with van der Waals surface area (Å²) in [6.07, 6.45) is 6.83. The second-order valence-corrected chi connectivity index (χ2v) is 10.1. The number of rotatable bonds is 5. The van der Waals surface area contributed by atoms with E-state index in [1.165, 1.54) is 5.69 Å². The molecular formula is C25H28ClN7O. The van der Waals surface area contributed by atoms with Crippen LogP contribution in [0.25, 0.3) is 22.6 Å². The van der Waals surface area contributed by atoms with Crippen molar-refractivity contribution in [3.63, 3.8) is 0 Å². The van der Waals surface area contributed by atoms with Gasteiger partial charge in [0.1, 0.15) is 11.3 Å². The molecule has 2 fully saturated rings. The number of nitrogens with one attached hydrogen (secondary N) is 2. The second-order valence-electron chi connectivity index (χ2n) is 9.65. The molecule has 176 valence electrons. The number of fused-ring (bicyclic) bond motifs is 3. The minimum Gasteiger partial charge on any atom is -0.378 e. The summed E-state index contributed by atoms with van der Waals surface area (Å²) in [6.45, 7) is 4.20. The maximum Gasteiger partial charge on any atom is 0.223 e. The number of likely N-dealkylation sites (N-methyl/N-ethyl adjacent to an activating group) is 1. The molecule has 1 amide bonds. The van der Waals surface area contributed by atoms with Gasteiger partial charge in [0.25, 0.3) is 0 Å². The van der Waals surface area contributed by atoms with Crippen molar-refractivity contribution in [2.24, 2.45) is 23.5 Å². The zero-order valence-corrected chi connectivity index (χ0v) is 19.8. The predicted octanol–water partition coefficient (Wildman–Crippen LogP) is 3.12. The summed E-state index contributed by atoms with van der Waals surface area (Å²) < 4.78 is 0. The number of piperazine rings is 1. The highest BCUT2D eigenvalue weighted by atomic mass is 35.5. The van der Waals surface area contributed by atoms with Crippen LogP contribution in [0.1, 0.15) is 6.42 Å². The van der Waals surface area contributed by atoms with Crippen molar-refractivity contribution in [3.8, 4) is 11.4 Å². The highest BCUT2D eigenvalue weighted by Crippen LogP contribution is 2.46. The molecule has 9 heteroatoms. The number of carbonyl (C=O) groups excluding carboxylic acids is 1. The van der Waals surface area contributed by atoms with Crippen molar-refractivity contribution in [2.45, 2.75) is 12.5 Å². The number of anilines is 2. The summed E-state index contributed by atoms with van der Waals surface area (Å²) >= 11 is 6.57. The van der Waals surface area contributed by atoms with Crippen LogP contribution in [0.3, 0.4) is 0 Å². The van der Waals surface area contributed by atoms with Gasteiger partial charge in [-0.25, -0.2) is 9.97 Å². The van der Waals surface area contributed by atoms with Crippen molar-refractivity contribution in [1.29, 1.82) is 0 Å². The number of aromatic amines is 1. The van der Waals surface area contributed by atoms with Gasteiger partial charge in [0.2, 0.25) is 5.91 Å². The molecule has 2 aliphatic carbocycles. The number of H-pyrrole nitrogens is 1. The van der Waals surface area contributed by atoms with Gasteiger partial charge in [-0.15, -0.1) is 0 Å². The fourth-order valence-electron chi connectivity index (χ4n) is 5.68. The van der Waals surface area contributed by atoms with Crippen LogP contribution in [0.2, 0.25) is 5.02 Å². The number of primary amides is 1. The van der Waals surface area contributed by atoms with Crippen LogP contribution >= 0.6 is 11.6 Å². The summed E-state index contributed by atoms with van der Waals surface area (Å²) in [4.78, 5) is 29.5. The first-order valence-electron chi connectivity index (χ1n) is 11.8. The zero-order valence-electron chi connectivity index (χ0n) is 19.0. The lowest BCUT2D eigenvalue weighted by molar-refractivity contribution is -0.122. The van der Waals surface area contributed by atoms with Crippen LogP contribution in [0.5, 0.6) is 0 Å². The molecule has 4 atom stereocenters. The van der Waals surface area contributed by atoms with E-state index in [-0.39, 0.29) is 29.7 Å². The number of amides is 1. The minimum atomic E-state index is -0.276. The lowest BCUT2D eigenvalue weighted by Gasteiger charge is -2.34. The first-order chi connectivity index (χ1) is 16.5. The number of benzene rings is 1. The molecule has 6 rings (SSSR count). The third-order valence-corrected chi connectivity index (χ3v) is 7.87.